The molecule has 0 saturated carbocycles. The average Bonchev–Trinajstić information content (AvgIpc) is 2.68. The molecule has 0 aromatic heterocycles. The van der Waals surface area contributed by atoms with E-state index in [-0.39, 0.29) is 17.2 Å². The van der Waals surface area contributed by atoms with E-state index in [0.717, 1.165) is 32.1 Å². The molecule has 0 radical (unpaired) electrons. The maximum Gasteiger partial charge on any atom is 0.253 e. The molecule has 2 amide bonds. The third-order valence-electron chi connectivity index (χ3n) is 3.90. The number of imide groups is 1. The quantitative estimate of drug-likeness (QED) is 0.604. The Balaban J connectivity index is 2.66. The Labute approximate surface area is 115 Å². The van der Waals surface area contributed by atoms with Gasteiger partial charge in [0, 0.05) is 18.7 Å². The minimum atomic E-state index is -0.212. The smallest absolute Gasteiger partial charge is 0.253 e. The second kappa shape index (κ2) is 7.40. The van der Waals surface area contributed by atoms with Crippen LogP contribution >= 0.6 is 0 Å². The fourth-order valence-electron chi connectivity index (χ4n) is 2.89. The van der Waals surface area contributed by atoms with E-state index in [4.69, 9.17) is 11.5 Å². The van der Waals surface area contributed by atoms with Crippen LogP contribution in [0.25, 0.3) is 0 Å². The molecule has 1 aliphatic rings. The predicted molar refractivity (Wildman–Crippen MR) is 75.2 cm³/mol. The summed E-state index contributed by atoms with van der Waals surface area (Å²) in [7, 11) is 0. The minimum absolute atomic E-state index is 0.0569. The van der Waals surface area contributed by atoms with Gasteiger partial charge in [-0.05, 0) is 44.2 Å². The van der Waals surface area contributed by atoms with E-state index < -0.39 is 0 Å². The van der Waals surface area contributed by atoms with Crippen LogP contribution in [-0.2, 0) is 9.59 Å². The number of nitrogens with zero attached hydrogens (tertiary/aromatic N) is 1. The summed E-state index contributed by atoms with van der Waals surface area (Å²) >= 11 is 0. The van der Waals surface area contributed by atoms with Gasteiger partial charge in [-0.15, -0.1) is 0 Å². The molecule has 4 N–H and O–H groups in total. The van der Waals surface area contributed by atoms with Crippen molar-refractivity contribution < 1.29 is 9.59 Å². The van der Waals surface area contributed by atoms with Gasteiger partial charge >= 0.3 is 0 Å². The van der Waals surface area contributed by atoms with E-state index >= 15 is 0 Å². The summed E-state index contributed by atoms with van der Waals surface area (Å²) in [6, 6.07) is 0. The highest BCUT2D eigenvalue weighted by Crippen LogP contribution is 2.35. The first-order valence-electron chi connectivity index (χ1n) is 7.02. The van der Waals surface area contributed by atoms with Crippen molar-refractivity contribution in [2.75, 3.05) is 19.6 Å². The second-order valence-corrected chi connectivity index (χ2v) is 5.24. The minimum Gasteiger partial charge on any atom is -0.330 e. The molecule has 0 spiro atoms. The molecular weight excluding hydrogens is 242 g/mol. The van der Waals surface area contributed by atoms with Crippen LogP contribution in [0.5, 0.6) is 0 Å². The molecule has 0 fully saturated rings. The summed E-state index contributed by atoms with van der Waals surface area (Å²) < 4.78 is 0. The molecule has 0 saturated heterocycles. The molecule has 0 bridgehead atoms. The lowest BCUT2D eigenvalue weighted by Gasteiger charge is -2.34. The first-order valence-corrected chi connectivity index (χ1v) is 7.02. The summed E-state index contributed by atoms with van der Waals surface area (Å²) in [5.41, 5.74) is 11.5. The fourth-order valence-corrected chi connectivity index (χ4v) is 2.89. The number of hydrogen-bond acceptors (Lipinski definition) is 4. The summed E-state index contributed by atoms with van der Waals surface area (Å²) in [5.74, 6) is -0.424. The highest BCUT2D eigenvalue weighted by molar-refractivity contribution is 6.12. The summed E-state index contributed by atoms with van der Waals surface area (Å²) in [4.78, 5) is 24.4. The van der Waals surface area contributed by atoms with Crippen LogP contribution < -0.4 is 11.5 Å². The topological polar surface area (TPSA) is 89.4 Å². The molecule has 0 aromatic carbocycles. The Morgan fingerprint density at radius 3 is 1.95 bits per heavy atom. The van der Waals surface area contributed by atoms with Gasteiger partial charge in [-0.3, -0.25) is 14.5 Å². The molecule has 0 unspecified atom stereocenters. The largest absolute Gasteiger partial charge is 0.330 e. The number of nitrogens with two attached hydrogens (primary N) is 2. The molecule has 0 atom stereocenters. The first kappa shape index (κ1) is 15.9. The highest BCUT2D eigenvalue weighted by Gasteiger charge is 2.31. The molecule has 1 aliphatic heterocycles. The van der Waals surface area contributed by atoms with E-state index in [1.165, 1.54) is 17.1 Å². The number of carbonyl (C=O) groups excluding carboxylic acids is 2. The number of rotatable bonds is 9. The zero-order chi connectivity index (χ0) is 14.3. The molecule has 1 rings (SSSR count). The Morgan fingerprint density at radius 1 is 1.00 bits per heavy atom. The Morgan fingerprint density at radius 2 is 1.53 bits per heavy atom. The van der Waals surface area contributed by atoms with Crippen LogP contribution in [-0.4, -0.2) is 36.3 Å². The first-order chi connectivity index (χ1) is 9.08. The van der Waals surface area contributed by atoms with Gasteiger partial charge < -0.3 is 11.5 Å². The third-order valence-corrected chi connectivity index (χ3v) is 3.90. The number of amides is 2. The molecule has 5 nitrogen and oxygen atoms in total. The van der Waals surface area contributed by atoms with Crippen LogP contribution in [0.4, 0.5) is 0 Å². The summed E-state index contributed by atoms with van der Waals surface area (Å²) in [5, 5.41) is 0. The molecule has 1 heterocycles. The molecule has 0 aliphatic carbocycles. The standard InChI is InChI=1S/C14H25N3O2/c1-2-5-14(6-9-15,7-10-16)8-11-17-12(18)3-4-13(17)19/h3-4H,2,5-11,15-16H2,1H3. The van der Waals surface area contributed by atoms with Crippen molar-refractivity contribution in [2.45, 2.75) is 39.0 Å². The van der Waals surface area contributed by atoms with E-state index in [9.17, 15) is 9.59 Å². The normalized spacial score (nSPS) is 15.6. The second-order valence-electron chi connectivity index (χ2n) is 5.24. The molecule has 108 valence electrons. The molecule has 0 aromatic rings. The van der Waals surface area contributed by atoms with Crippen LogP contribution in [0.3, 0.4) is 0 Å². The predicted octanol–water partition coefficient (Wildman–Crippen LogP) is 0.786. The van der Waals surface area contributed by atoms with Crippen molar-refractivity contribution in [1.29, 1.82) is 0 Å². The van der Waals surface area contributed by atoms with Gasteiger partial charge in [0.1, 0.15) is 0 Å². The van der Waals surface area contributed by atoms with Crippen molar-refractivity contribution in [3.05, 3.63) is 12.2 Å². The highest BCUT2D eigenvalue weighted by atomic mass is 16.2. The van der Waals surface area contributed by atoms with Gasteiger partial charge in [0.25, 0.3) is 11.8 Å². The molecule has 19 heavy (non-hydrogen) atoms. The van der Waals surface area contributed by atoms with E-state index in [0.29, 0.717) is 19.6 Å². The van der Waals surface area contributed by atoms with Gasteiger partial charge in [-0.25, -0.2) is 0 Å². The zero-order valence-electron chi connectivity index (χ0n) is 11.7. The number of hydrogen-bond donors (Lipinski definition) is 2. The Hall–Kier alpha value is -1.20. The lowest BCUT2D eigenvalue weighted by molar-refractivity contribution is -0.137. The van der Waals surface area contributed by atoms with Crippen molar-refractivity contribution in [2.24, 2.45) is 16.9 Å². The lowest BCUT2D eigenvalue weighted by atomic mass is 9.74. The zero-order valence-corrected chi connectivity index (χ0v) is 11.7. The van der Waals surface area contributed by atoms with Crippen LogP contribution in [0.2, 0.25) is 0 Å². The lowest BCUT2D eigenvalue weighted by Crippen LogP contribution is -2.36. The third kappa shape index (κ3) is 4.14. The maximum absolute atomic E-state index is 11.5. The summed E-state index contributed by atoms with van der Waals surface area (Å²) in [6.45, 7) is 3.82. The molecule has 5 heteroatoms. The Bertz CT molecular complexity index is 318. The maximum atomic E-state index is 11.5. The van der Waals surface area contributed by atoms with Crippen molar-refractivity contribution in [3.63, 3.8) is 0 Å². The van der Waals surface area contributed by atoms with Crippen molar-refractivity contribution in [3.8, 4) is 0 Å². The van der Waals surface area contributed by atoms with E-state index in [1.54, 1.807) is 0 Å². The van der Waals surface area contributed by atoms with Crippen LogP contribution in [0.1, 0.15) is 39.0 Å². The number of carbonyl (C=O) groups is 2. The van der Waals surface area contributed by atoms with E-state index in [1.807, 2.05) is 0 Å². The van der Waals surface area contributed by atoms with E-state index in [2.05, 4.69) is 6.92 Å². The molecular formula is C14H25N3O2. The van der Waals surface area contributed by atoms with Gasteiger partial charge in [0.05, 0.1) is 0 Å². The summed E-state index contributed by atoms with van der Waals surface area (Å²) in [6.07, 6.45) is 7.31. The van der Waals surface area contributed by atoms with Gasteiger partial charge in [-0.1, -0.05) is 13.3 Å². The van der Waals surface area contributed by atoms with Gasteiger partial charge in [0.2, 0.25) is 0 Å². The van der Waals surface area contributed by atoms with Crippen LogP contribution in [0, 0.1) is 5.41 Å². The van der Waals surface area contributed by atoms with Gasteiger partial charge in [0.15, 0.2) is 0 Å². The fraction of sp³-hybridized carbons (Fsp3) is 0.714. The van der Waals surface area contributed by atoms with Crippen molar-refractivity contribution in [1.82, 2.24) is 4.90 Å². The monoisotopic (exact) mass is 267 g/mol. The average molecular weight is 267 g/mol. The SMILES string of the molecule is CCCC(CCN)(CCN)CCN1C(=O)C=CC1=O. The van der Waals surface area contributed by atoms with Crippen LogP contribution in [0.15, 0.2) is 12.2 Å². The Kier molecular flexibility index (Phi) is 6.18. The van der Waals surface area contributed by atoms with Gasteiger partial charge in [-0.2, -0.15) is 0 Å². The van der Waals surface area contributed by atoms with Crippen molar-refractivity contribution >= 4 is 11.8 Å².